The molecule has 3 rings (SSSR count). The zero-order valence-corrected chi connectivity index (χ0v) is 12.7. The SMILES string of the molecule is CC.CCc1ccc2cnn(-c3ccc(C#N)cc3)c2c1. The zero-order valence-electron chi connectivity index (χ0n) is 12.7. The second kappa shape index (κ2) is 6.71. The molecular formula is C18H19N3. The second-order valence-corrected chi connectivity index (χ2v) is 4.46. The van der Waals surface area contributed by atoms with Gasteiger partial charge in [0.1, 0.15) is 0 Å². The summed E-state index contributed by atoms with van der Waals surface area (Å²) in [6, 6.07) is 16.0. The monoisotopic (exact) mass is 277 g/mol. The van der Waals surface area contributed by atoms with Crippen LogP contribution in [0.1, 0.15) is 31.9 Å². The van der Waals surface area contributed by atoms with Crippen LogP contribution in [0.3, 0.4) is 0 Å². The molecule has 0 aliphatic rings. The van der Waals surface area contributed by atoms with Crippen LogP contribution < -0.4 is 0 Å². The number of aromatic nitrogens is 2. The molecule has 0 spiro atoms. The van der Waals surface area contributed by atoms with Gasteiger partial charge in [-0.05, 0) is 42.3 Å². The Morgan fingerprint density at radius 2 is 1.81 bits per heavy atom. The normalized spacial score (nSPS) is 9.81. The number of rotatable bonds is 2. The van der Waals surface area contributed by atoms with Gasteiger partial charge in [-0.1, -0.05) is 32.9 Å². The zero-order chi connectivity index (χ0) is 15.2. The number of hydrogen-bond acceptors (Lipinski definition) is 2. The third-order valence-electron chi connectivity index (χ3n) is 3.28. The molecule has 0 saturated carbocycles. The van der Waals surface area contributed by atoms with E-state index in [9.17, 15) is 0 Å². The molecule has 0 aliphatic carbocycles. The van der Waals surface area contributed by atoms with Gasteiger partial charge >= 0.3 is 0 Å². The number of hydrogen-bond donors (Lipinski definition) is 0. The first-order valence-electron chi connectivity index (χ1n) is 7.29. The molecule has 3 aromatic rings. The van der Waals surface area contributed by atoms with E-state index in [1.54, 1.807) is 0 Å². The lowest BCUT2D eigenvalue weighted by Gasteiger charge is -2.04. The molecule has 0 N–H and O–H groups in total. The van der Waals surface area contributed by atoms with Crippen molar-refractivity contribution in [2.45, 2.75) is 27.2 Å². The van der Waals surface area contributed by atoms with Crippen molar-refractivity contribution in [3.05, 3.63) is 59.8 Å². The average Bonchev–Trinajstić information content (AvgIpc) is 2.99. The number of aryl methyl sites for hydroxylation is 1. The number of nitriles is 1. The van der Waals surface area contributed by atoms with Gasteiger partial charge in [0, 0.05) is 5.39 Å². The predicted octanol–water partition coefficient (Wildman–Crippen LogP) is 4.49. The summed E-state index contributed by atoms with van der Waals surface area (Å²) in [7, 11) is 0. The van der Waals surface area contributed by atoms with Crippen LogP contribution in [0.5, 0.6) is 0 Å². The van der Waals surface area contributed by atoms with Gasteiger partial charge in [0.15, 0.2) is 0 Å². The van der Waals surface area contributed by atoms with Crippen molar-refractivity contribution in [3.8, 4) is 11.8 Å². The van der Waals surface area contributed by atoms with Crippen LogP contribution >= 0.6 is 0 Å². The quantitative estimate of drug-likeness (QED) is 0.692. The van der Waals surface area contributed by atoms with Gasteiger partial charge in [-0.15, -0.1) is 0 Å². The predicted molar refractivity (Wildman–Crippen MR) is 86.5 cm³/mol. The van der Waals surface area contributed by atoms with E-state index in [1.165, 1.54) is 5.56 Å². The highest BCUT2D eigenvalue weighted by atomic mass is 15.3. The third kappa shape index (κ3) is 2.95. The largest absolute Gasteiger partial charge is 0.233 e. The maximum absolute atomic E-state index is 8.83. The van der Waals surface area contributed by atoms with E-state index in [-0.39, 0.29) is 0 Å². The summed E-state index contributed by atoms with van der Waals surface area (Å²) in [6.45, 7) is 6.14. The molecule has 3 nitrogen and oxygen atoms in total. The smallest absolute Gasteiger partial charge is 0.0991 e. The fourth-order valence-electron chi connectivity index (χ4n) is 2.17. The Bertz CT molecular complexity index is 761. The van der Waals surface area contributed by atoms with Gasteiger partial charge in [-0.2, -0.15) is 10.4 Å². The maximum atomic E-state index is 8.83. The van der Waals surface area contributed by atoms with Crippen molar-refractivity contribution >= 4 is 10.9 Å². The minimum Gasteiger partial charge on any atom is -0.233 e. The van der Waals surface area contributed by atoms with Crippen LogP contribution in [-0.4, -0.2) is 9.78 Å². The molecule has 0 atom stereocenters. The van der Waals surface area contributed by atoms with Gasteiger partial charge in [0.25, 0.3) is 0 Å². The van der Waals surface area contributed by atoms with Crippen LogP contribution in [-0.2, 0) is 6.42 Å². The summed E-state index contributed by atoms with van der Waals surface area (Å²) in [5.74, 6) is 0. The Hall–Kier alpha value is -2.60. The van der Waals surface area contributed by atoms with Crippen LogP contribution in [0, 0.1) is 11.3 Å². The Labute approximate surface area is 125 Å². The average molecular weight is 277 g/mol. The maximum Gasteiger partial charge on any atom is 0.0991 e. The molecule has 106 valence electrons. The Kier molecular flexibility index (Phi) is 4.73. The molecule has 0 amide bonds. The molecule has 2 aromatic carbocycles. The summed E-state index contributed by atoms with van der Waals surface area (Å²) in [4.78, 5) is 0. The fourth-order valence-corrected chi connectivity index (χ4v) is 2.17. The molecule has 1 heterocycles. The number of benzene rings is 2. The highest BCUT2D eigenvalue weighted by Gasteiger charge is 2.05. The summed E-state index contributed by atoms with van der Waals surface area (Å²) in [6.07, 6.45) is 2.88. The van der Waals surface area contributed by atoms with Crippen molar-refractivity contribution in [1.29, 1.82) is 5.26 Å². The summed E-state index contributed by atoms with van der Waals surface area (Å²) < 4.78 is 1.91. The molecule has 0 unspecified atom stereocenters. The topological polar surface area (TPSA) is 41.6 Å². The first-order valence-corrected chi connectivity index (χ1v) is 7.29. The Morgan fingerprint density at radius 3 is 2.43 bits per heavy atom. The highest BCUT2D eigenvalue weighted by molar-refractivity contribution is 5.81. The van der Waals surface area contributed by atoms with E-state index in [0.717, 1.165) is 23.0 Å². The molecule has 0 aliphatic heterocycles. The van der Waals surface area contributed by atoms with Crippen molar-refractivity contribution in [2.75, 3.05) is 0 Å². The minimum atomic E-state index is 0.662. The Morgan fingerprint density at radius 1 is 1.10 bits per heavy atom. The summed E-state index contributed by atoms with van der Waals surface area (Å²) >= 11 is 0. The number of nitrogens with zero attached hydrogens (tertiary/aromatic N) is 3. The molecule has 1 aromatic heterocycles. The lowest BCUT2D eigenvalue weighted by Crippen LogP contribution is -1.96. The standard InChI is InChI=1S/C16H13N3.C2H6/c1-2-12-3-6-14-11-18-19(16(14)9-12)15-7-4-13(10-17)5-8-15;1-2/h3-9,11H,2H2,1H3;1-2H3. The van der Waals surface area contributed by atoms with Crippen molar-refractivity contribution in [3.63, 3.8) is 0 Å². The van der Waals surface area contributed by atoms with E-state index < -0.39 is 0 Å². The van der Waals surface area contributed by atoms with E-state index in [0.29, 0.717) is 5.56 Å². The van der Waals surface area contributed by atoms with Crippen molar-refractivity contribution in [2.24, 2.45) is 0 Å². The van der Waals surface area contributed by atoms with Gasteiger partial charge in [0.05, 0.1) is 29.0 Å². The lowest BCUT2D eigenvalue weighted by atomic mass is 10.1. The Balaban J connectivity index is 0.000000774. The molecule has 0 fully saturated rings. The molecule has 0 saturated heterocycles. The van der Waals surface area contributed by atoms with E-state index in [2.05, 4.69) is 36.3 Å². The van der Waals surface area contributed by atoms with E-state index in [4.69, 9.17) is 5.26 Å². The molecule has 3 heteroatoms. The summed E-state index contributed by atoms with van der Waals surface area (Å²) in [5, 5.41) is 14.4. The fraction of sp³-hybridized carbons (Fsp3) is 0.222. The van der Waals surface area contributed by atoms with Gasteiger partial charge < -0.3 is 0 Å². The molecule has 21 heavy (non-hydrogen) atoms. The molecule has 0 radical (unpaired) electrons. The van der Waals surface area contributed by atoms with Gasteiger partial charge in [0.2, 0.25) is 0 Å². The summed E-state index contributed by atoms with van der Waals surface area (Å²) in [5.41, 5.74) is 4.03. The second-order valence-electron chi connectivity index (χ2n) is 4.46. The molecular weight excluding hydrogens is 258 g/mol. The minimum absolute atomic E-state index is 0.662. The van der Waals surface area contributed by atoms with Crippen LogP contribution in [0.4, 0.5) is 0 Å². The van der Waals surface area contributed by atoms with Gasteiger partial charge in [-0.25, -0.2) is 4.68 Å². The van der Waals surface area contributed by atoms with E-state index in [1.807, 2.05) is 49.0 Å². The van der Waals surface area contributed by atoms with E-state index >= 15 is 0 Å². The van der Waals surface area contributed by atoms with Crippen LogP contribution in [0.15, 0.2) is 48.7 Å². The number of fused-ring (bicyclic) bond motifs is 1. The highest BCUT2D eigenvalue weighted by Crippen LogP contribution is 2.20. The first kappa shape index (κ1) is 14.8. The van der Waals surface area contributed by atoms with Crippen molar-refractivity contribution < 1.29 is 0 Å². The lowest BCUT2D eigenvalue weighted by molar-refractivity contribution is 0.909. The van der Waals surface area contributed by atoms with Crippen molar-refractivity contribution in [1.82, 2.24) is 9.78 Å². The third-order valence-corrected chi connectivity index (χ3v) is 3.28. The van der Waals surface area contributed by atoms with Crippen LogP contribution in [0.25, 0.3) is 16.6 Å². The molecule has 0 bridgehead atoms. The first-order chi connectivity index (χ1) is 10.3. The van der Waals surface area contributed by atoms with Crippen LogP contribution in [0.2, 0.25) is 0 Å². The van der Waals surface area contributed by atoms with Gasteiger partial charge in [-0.3, -0.25) is 0 Å².